The summed E-state index contributed by atoms with van der Waals surface area (Å²) in [6, 6.07) is 2.64. The standard InChI is InChI=1S/C13H16FN3O/c14-12-5-4-11(6-15-12)16-13(18)17-7-10(8-17)9-2-1-3-9/h4-6,9-10H,1-3,7-8H2,(H,16,18). The normalized spacial score (nSPS) is 20.2. The van der Waals surface area contributed by atoms with Crippen molar-refractivity contribution in [3.05, 3.63) is 24.3 Å². The highest BCUT2D eigenvalue weighted by Gasteiger charge is 2.38. The number of halogens is 1. The molecular weight excluding hydrogens is 233 g/mol. The summed E-state index contributed by atoms with van der Waals surface area (Å²) in [6.07, 6.45) is 5.31. The number of carbonyl (C=O) groups is 1. The fourth-order valence-corrected chi connectivity index (χ4v) is 2.54. The quantitative estimate of drug-likeness (QED) is 0.818. The van der Waals surface area contributed by atoms with Gasteiger partial charge in [-0.15, -0.1) is 0 Å². The second-order valence-corrected chi connectivity index (χ2v) is 5.16. The Morgan fingerprint density at radius 1 is 1.33 bits per heavy atom. The summed E-state index contributed by atoms with van der Waals surface area (Å²) in [5.41, 5.74) is 0.536. The fourth-order valence-electron chi connectivity index (χ4n) is 2.54. The minimum absolute atomic E-state index is 0.112. The van der Waals surface area contributed by atoms with Crippen LogP contribution in [0.2, 0.25) is 0 Å². The third kappa shape index (κ3) is 2.17. The first-order valence-electron chi connectivity index (χ1n) is 6.40. The molecule has 1 saturated carbocycles. The molecule has 96 valence electrons. The van der Waals surface area contributed by atoms with Crippen LogP contribution in [0.15, 0.2) is 18.3 Å². The minimum Gasteiger partial charge on any atom is -0.324 e. The van der Waals surface area contributed by atoms with Crippen LogP contribution in [-0.4, -0.2) is 29.0 Å². The molecule has 1 aliphatic carbocycles. The van der Waals surface area contributed by atoms with Gasteiger partial charge in [-0.2, -0.15) is 4.39 Å². The molecule has 1 aromatic heterocycles. The number of hydrogen-bond acceptors (Lipinski definition) is 2. The zero-order valence-corrected chi connectivity index (χ0v) is 10.1. The second-order valence-electron chi connectivity index (χ2n) is 5.16. The highest BCUT2D eigenvalue weighted by Crippen LogP contribution is 2.38. The molecule has 1 N–H and O–H groups in total. The average Bonchev–Trinajstić information content (AvgIpc) is 2.23. The van der Waals surface area contributed by atoms with Crippen molar-refractivity contribution >= 4 is 11.7 Å². The molecule has 2 aliphatic rings. The predicted molar refractivity (Wildman–Crippen MR) is 65.6 cm³/mol. The molecular formula is C13H16FN3O. The Kier molecular flexibility index (Phi) is 2.89. The number of likely N-dealkylation sites (tertiary alicyclic amines) is 1. The number of anilines is 1. The lowest BCUT2D eigenvalue weighted by atomic mass is 9.73. The smallest absolute Gasteiger partial charge is 0.321 e. The van der Waals surface area contributed by atoms with Gasteiger partial charge in [0.2, 0.25) is 5.95 Å². The van der Waals surface area contributed by atoms with E-state index in [2.05, 4.69) is 10.3 Å². The van der Waals surface area contributed by atoms with E-state index in [9.17, 15) is 9.18 Å². The summed E-state index contributed by atoms with van der Waals surface area (Å²) in [7, 11) is 0. The third-order valence-corrected chi connectivity index (χ3v) is 3.99. The van der Waals surface area contributed by atoms with Crippen LogP contribution >= 0.6 is 0 Å². The van der Waals surface area contributed by atoms with E-state index in [0.717, 1.165) is 19.0 Å². The summed E-state index contributed by atoms with van der Waals surface area (Å²) in [5.74, 6) is 0.986. The lowest BCUT2D eigenvalue weighted by Crippen LogP contribution is -2.55. The van der Waals surface area contributed by atoms with E-state index < -0.39 is 5.95 Å². The van der Waals surface area contributed by atoms with Crippen molar-refractivity contribution in [3.8, 4) is 0 Å². The van der Waals surface area contributed by atoms with Gasteiger partial charge in [-0.05, 0) is 24.0 Å². The predicted octanol–water partition coefficient (Wildman–Crippen LogP) is 2.48. The largest absolute Gasteiger partial charge is 0.324 e. The van der Waals surface area contributed by atoms with E-state index in [1.54, 1.807) is 4.90 Å². The molecule has 0 aromatic carbocycles. The van der Waals surface area contributed by atoms with Crippen LogP contribution in [0.1, 0.15) is 19.3 Å². The Bertz CT molecular complexity index is 438. The Morgan fingerprint density at radius 2 is 2.11 bits per heavy atom. The molecule has 3 rings (SSSR count). The van der Waals surface area contributed by atoms with Crippen LogP contribution in [0.5, 0.6) is 0 Å². The average molecular weight is 249 g/mol. The molecule has 1 aliphatic heterocycles. The third-order valence-electron chi connectivity index (χ3n) is 3.99. The molecule has 2 fully saturated rings. The Hall–Kier alpha value is -1.65. The number of nitrogens with one attached hydrogen (secondary N) is 1. The molecule has 0 radical (unpaired) electrons. The first-order valence-corrected chi connectivity index (χ1v) is 6.40. The van der Waals surface area contributed by atoms with Crippen LogP contribution in [0.3, 0.4) is 0 Å². The van der Waals surface area contributed by atoms with E-state index in [1.807, 2.05) is 0 Å². The molecule has 0 bridgehead atoms. The van der Waals surface area contributed by atoms with Gasteiger partial charge in [-0.3, -0.25) is 0 Å². The Labute approximate surface area is 105 Å². The van der Waals surface area contributed by atoms with E-state index in [0.29, 0.717) is 11.6 Å². The molecule has 2 heterocycles. The van der Waals surface area contributed by atoms with E-state index in [-0.39, 0.29) is 6.03 Å². The van der Waals surface area contributed by atoms with Crippen LogP contribution in [0.4, 0.5) is 14.9 Å². The van der Waals surface area contributed by atoms with Gasteiger partial charge in [0, 0.05) is 13.1 Å². The summed E-state index contributed by atoms with van der Waals surface area (Å²) < 4.78 is 12.6. The minimum atomic E-state index is -0.540. The fraction of sp³-hybridized carbons (Fsp3) is 0.538. The van der Waals surface area contributed by atoms with Gasteiger partial charge in [-0.1, -0.05) is 19.3 Å². The summed E-state index contributed by atoms with van der Waals surface area (Å²) >= 11 is 0. The van der Waals surface area contributed by atoms with Gasteiger partial charge >= 0.3 is 6.03 Å². The van der Waals surface area contributed by atoms with E-state index in [1.165, 1.54) is 37.6 Å². The van der Waals surface area contributed by atoms with Gasteiger partial charge in [-0.25, -0.2) is 9.78 Å². The summed E-state index contributed by atoms with van der Waals surface area (Å²) in [6.45, 7) is 1.70. The van der Waals surface area contributed by atoms with Gasteiger partial charge < -0.3 is 10.2 Å². The molecule has 5 heteroatoms. The van der Waals surface area contributed by atoms with Crippen molar-refractivity contribution in [2.24, 2.45) is 11.8 Å². The van der Waals surface area contributed by atoms with Gasteiger partial charge in [0.25, 0.3) is 0 Å². The highest BCUT2D eigenvalue weighted by molar-refractivity contribution is 5.89. The monoisotopic (exact) mass is 249 g/mol. The Morgan fingerprint density at radius 3 is 2.67 bits per heavy atom. The lowest BCUT2D eigenvalue weighted by Gasteiger charge is -2.46. The van der Waals surface area contributed by atoms with Crippen molar-refractivity contribution < 1.29 is 9.18 Å². The van der Waals surface area contributed by atoms with Crippen LogP contribution in [0, 0.1) is 17.8 Å². The maximum absolute atomic E-state index is 12.6. The van der Waals surface area contributed by atoms with Crippen molar-refractivity contribution in [2.75, 3.05) is 18.4 Å². The van der Waals surface area contributed by atoms with Gasteiger partial charge in [0.05, 0.1) is 11.9 Å². The van der Waals surface area contributed by atoms with Crippen LogP contribution in [-0.2, 0) is 0 Å². The maximum atomic E-state index is 12.6. The van der Waals surface area contributed by atoms with Crippen LogP contribution < -0.4 is 5.32 Å². The number of urea groups is 1. The first kappa shape index (κ1) is 11.4. The van der Waals surface area contributed by atoms with Gasteiger partial charge in [0.15, 0.2) is 0 Å². The molecule has 2 amide bonds. The lowest BCUT2D eigenvalue weighted by molar-refractivity contribution is 0.0569. The number of amides is 2. The molecule has 0 atom stereocenters. The summed E-state index contributed by atoms with van der Waals surface area (Å²) in [4.78, 5) is 17.1. The van der Waals surface area contributed by atoms with Crippen LogP contribution in [0.25, 0.3) is 0 Å². The zero-order valence-electron chi connectivity index (χ0n) is 10.1. The van der Waals surface area contributed by atoms with E-state index >= 15 is 0 Å². The molecule has 1 aromatic rings. The number of nitrogens with zero attached hydrogens (tertiary/aromatic N) is 2. The van der Waals surface area contributed by atoms with Crippen molar-refractivity contribution in [3.63, 3.8) is 0 Å². The van der Waals surface area contributed by atoms with E-state index in [4.69, 9.17) is 0 Å². The zero-order chi connectivity index (χ0) is 12.5. The second kappa shape index (κ2) is 4.55. The maximum Gasteiger partial charge on any atom is 0.321 e. The van der Waals surface area contributed by atoms with Crippen molar-refractivity contribution in [1.82, 2.24) is 9.88 Å². The highest BCUT2D eigenvalue weighted by atomic mass is 19.1. The topological polar surface area (TPSA) is 45.2 Å². The molecule has 18 heavy (non-hydrogen) atoms. The Balaban J connectivity index is 1.49. The van der Waals surface area contributed by atoms with Gasteiger partial charge in [0.1, 0.15) is 0 Å². The molecule has 1 saturated heterocycles. The number of aromatic nitrogens is 1. The first-order chi connectivity index (χ1) is 8.72. The molecule has 0 unspecified atom stereocenters. The SMILES string of the molecule is O=C(Nc1ccc(F)nc1)N1CC(C2CCC2)C1. The van der Waals surface area contributed by atoms with Crippen molar-refractivity contribution in [2.45, 2.75) is 19.3 Å². The number of hydrogen-bond donors (Lipinski definition) is 1. The molecule has 0 spiro atoms. The number of pyridine rings is 1. The number of rotatable bonds is 2. The summed E-state index contributed by atoms with van der Waals surface area (Å²) in [5, 5.41) is 2.72. The van der Waals surface area contributed by atoms with Crippen molar-refractivity contribution in [1.29, 1.82) is 0 Å². The molecule has 4 nitrogen and oxygen atoms in total. The number of carbonyl (C=O) groups excluding carboxylic acids is 1.